The lowest BCUT2D eigenvalue weighted by Crippen LogP contribution is -2.34. The molecule has 2 heterocycles. The van der Waals surface area contributed by atoms with Gasteiger partial charge in [0.2, 0.25) is 0 Å². The monoisotopic (exact) mass is 449 g/mol. The molecule has 31 heavy (non-hydrogen) atoms. The van der Waals surface area contributed by atoms with Crippen molar-refractivity contribution in [3.8, 4) is 22.7 Å². The van der Waals surface area contributed by atoms with Gasteiger partial charge in [-0.2, -0.15) is 5.10 Å². The van der Waals surface area contributed by atoms with Crippen LogP contribution >= 0.6 is 24.0 Å². The van der Waals surface area contributed by atoms with E-state index in [1.807, 2.05) is 92.3 Å². The first-order valence-electron chi connectivity index (χ1n) is 10.1. The SMILES string of the molecule is CCOc1cccc(-c2nn(-c3ccccc3)cc2C=C2SC(=S)N(C(C)C)C2=O)c1. The number of amides is 1. The van der Waals surface area contributed by atoms with Crippen LogP contribution in [0, 0.1) is 0 Å². The van der Waals surface area contributed by atoms with Crippen molar-refractivity contribution in [2.24, 2.45) is 0 Å². The highest BCUT2D eigenvalue weighted by Gasteiger charge is 2.34. The van der Waals surface area contributed by atoms with Crippen molar-refractivity contribution in [2.75, 3.05) is 6.61 Å². The van der Waals surface area contributed by atoms with Gasteiger partial charge >= 0.3 is 0 Å². The maximum Gasteiger partial charge on any atom is 0.266 e. The standard InChI is InChI=1S/C24H23N3O2S2/c1-4-29-20-12-8-9-17(13-20)22-18(15-26(25-22)19-10-6-5-7-11-19)14-21-23(28)27(16(2)3)24(30)31-21/h5-16H,4H2,1-3H3. The fourth-order valence-corrected chi connectivity index (χ4v) is 4.91. The van der Waals surface area contributed by atoms with Crippen LogP contribution in [0.25, 0.3) is 23.0 Å². The zero-order valence-corrected chi connectivity index (χ0v) is 19.2. The lowest BCUT2D eigenvalue weighted by atomic mass is 10.1. The quantitative estimate of drug-likeness (QED) is 0.365. The van der Waals surface area contributed by atoms with Crippen LogP contribution in [-0.4, -0.2) is 37.6 Å². The molecule has 0 bridgehead atoms. The molecule has 0 saturated carbocycles. The normalized spacial score (nSPS) is 15.4. The van der Waals surface area contributed by atoms with E-state index in [2.05, 4.69) is 0 Å². The second-order valence-corrected chi connectivity index (χ2v) is 9.00. The molecule has 1 aromatic heterocycles. The van der Waals surface area contributed by atoms with Crippen LogP contribution in [0.5, 0.6) is 5.75 Å². The van der Waals surface area contributed by atoms with E-state index in [0.29, 0.717) is 15.8 Å². The van der Waals surface area contributed by atoms with Gasteiger partial charge in [-0.05, 0) is 51.1 Å². The van der Waals surface area contributed by atoms with E-state index < -0.39 is 0 Å². The van der Waals surface area contributed by atoms with Crippen molar-refractivity contribution in [3.05, 3.63) is 71.3 Å². The molecule has 158 valence electrons. The lowest BCUT2D eigenvalue weighted by molar-refractivity contribution is -0.123. The van der Waals surface area contributed by atoms with Crippen LogP contribution in [0.2, 0.25) is 0 Å². The number of hydrogen-bond donors (Lipinski definition) is 0. The van der Waals surface area contributed by atoms with Gasteiger partial charge < -0.3 is 4.74 Å². The first-order valence-corrected chi connectivity index (χ1v) is 11.4. The molecular weight excluding hydrogens is 426 g/mol. The number of nitrogens with zero attached hydrogens (tertiary/aromatic N) is 3. The number of aromatic nitrogens is 2. The third-order valence-electron chi connectivity index (χ3n) is 4.81. The Bertz CT molecular complexity index is 1150. The van der Waals surface area contributed by atoms with Gasteiger partial charge in [-0.15, -0.1) is 0 Å². The van der Waals surface area contributed by atoms with Crippen LogP contribution in [0.15, 0.2) is 65.7 Å². The zero-order valence-electron chi connectivity index (χ0n) is 17.6. The summed E-state index contributed by atoms with van der Waals surface area (Å²) < 4.78 is 8.09. The number of ether oxygens (including phenoxy) is 1. The van der Waals surface area contributed by atoms with Crippen molar-refractivity contribution in [1.82, 2.24) is 14.7 Å². The molecule has 0 aliphatic carbocycles. The third kappa shape index (κ3) is 4.43. The molecule has 4 rings (SSSR count). The Morgan fingerprint density at radius 2 is 1.94 bits per heavy atom. The van der Waals surface area contributed by atoms with Gasteiger partial charge in [0.15, 0.2) is 0 Å². The molecule has 0 unspecified atom stereocenters. The van der Waals surface area contributed by atoms with Crippen molar-refractivity contribution >= 4 is 40.3 Å². The summed E-state index contributed by atoms with van der Waals surface area (Å²) in [6.07, 6.45) is 3.83. The Morgan fingerprint density at radius 3 is 2.61 bits per heavy atom. The summed E-state index contributed by atoms with van der Waals surface area (Å²) in [5.74, 6) is 0.720. The average molecular weight is 450 g/mol. The Balaban J connectivity index is 1.81. The Morgan fingerprint density at radius 1 is 1.16 bits per heavy atom. The average Bonchev–Trinajstić information content (AvgIpc) is 3.30. The maximum atomic E-state index is 12.9. The number of hydrogen-bond acceptors (Lipinski definition) is 5. The van der Waals surface area contributed by atoms with Gasteiger partial charge in [-0.25, -0.2) is 4.68 Å². The van der Waals surface area contributed by atoms with Gasteiger partial charge in [-0.1, -0.05) is 54.3 Å². The van der Waals surface area contributed by atoms with Crippen molar-refractivity contribution in [2.45, 2.75) is 26.8 Å². The van der Waals surface area contributed by atoms with Gasteiger partial charge in [0.05, 0.1) is 17.2 Å². The molecule has 0 radical (unpaired) electrons. The number of carbonyl (C=O) groups is 1. The second kappa shape index (κ2) is 9.08. The summed E-state index contributed by atoms with van der Waals surface area (Å²) in [6, 6.07) is 17.8. The van der Waals surface area contributed by atoms with E-state index in [4.69, 9.17) is 22.1 Å². The summed E-state index contributed by atoms with van der Waals surface area (Å²) >= 11 is 6.76. The van der Waals surface area contributed by atoms with Gasteiger partial charge in [0.25, 0.3) is 5.91 Å². The Labute approximate surface area is 191 Å². The number of para-hydroxylation sites is 1. The third-order valence-corrected chi connectivity index (χ3v) is 6.14. The lowest BCUT2D eigenvalue weighted by Gasteiger charge is -2.18. The molecular formula is C24H23N3O2S2. The zero-order chi connectivity index (χ0) is 22.0. The number of rotatable bonds is 6. The molecule has 5 nitrogen and oxygen atoms in total. The molecule has 1 saturated heterocycles. The number of thioether (sulfide) groups is 1. The van der Waals surface area contributed by atoms with E-state index in [1.165, 1.54) is 11.8 Å². The summed E-state index contributed by atoms with van der Waals surface area (Å²) in [7, 11) is 0. The van der Waals surface area contributed by atoms with Crippen molar-refractivity contribution < 1.29 is 9.53 Å². The maximum absolute atomic E-state index is 12.9. The minimum Gasteiger partial charge on any atom is -0.494 e. The summed E-state index contributed by atoms with van der Waals surface area (Å²) in [5, 5.41) is 4.84. The number of thiocarbonyl (C=S) groups is 1. The smallest absolute Gasteiger partial charge is 0.266 e. The van der Waals surface area contributed by atoms with Crippen molar-refractivity contribution in [1.29, 1.82) is 0 Å². The van der Waals surface area contributed by atoms with Gasteiger partial charge in [0, 0.05) is 23.4 Å². The first kappa shape index (κ1) is 21.3. The van der Waals surface area contributed by atoms with Crippen LogP contribution < -0.4 is 4.74 Å². The Hall–Kier alpha value is -2.90. The van der Waals surface area contributed by atoms with Crippen LogP contribution in [0.4, 0.5) is 0 Å². The van der Waals surface area contributed by atoms with Gasteiger partial charge in [-0.3, -0.25) is 9.69 Å². The molecule has 1 amide bonds. The summed E-state index contributed by atoms with van der Waals surface area (Å²) in [6.45, 7) is 6.48. The molecule has 1 fully saturated rings. The molecule has 2 aromatic carbocycles. The predicted molar refractivity (Wildman–Crippen MR) is 130 cm³/mol. The molecule has 3 aromatic rings. The molecule has 7 heteroatoms. The van der Waals surface area contributed by atoms with E-state index in [1.54, 1.807) is 4.90 Å². The van der Waals surface area contributed by atoms with Crippen LogP contribution in [0.1, 0.15) is 26.3 Å². The number of carbonyl (C=O) groups excluding carboxylic acids is 1. The summed E-state index contributed by atoms with van der Waals surface area (Å²) in [5.41, 5.74) is 3.49. The van der Waals surface area contributed by atoms with E-state index in [9.17, 15) is 4.79 Å². The fourth-order valence-electron chi connectivity index (χ4n) is 3.40. The van der Waals surface area contributed by atoms with E-state index in [0.717, 1.165) is 28.3 Å². The second-order valence-electron chi connectivity index (χ2n) is 7.32. The Kier molecular flexibility index (Phi) is 6.25. The fraction of sp³-hybridized carbons (Fsp3) is 0.208. The topological polar surface area (TPSA) is 47.4 Å². The van der Waals surface area contributed by atoms with Crippen LogP contribution in [0.3, 0.4) is 0 Å². The van der Waals surface area contributed by atoms with E-state index in [-0.39, 0.29) is 11.9 Å². The molecule has 1 aliphatic rings. The minimum absolute atomic E-state index is 0.0211. The highest BCUT2D eigenvalue weighted by molar-refractivity contribution is 8.26. The largest absolute Gasteiger partial charge is 0.494 e. The molecule has 1 aliphatic heterocycles. The van der Waals surface area contributed by atoms with Crippen molar-refractivity contribution in [3.63, 3.8) is 0 Å². The predicted octanol–water partition coefficient (Wildman–Crippen LogP) is 5.55. The van der Waals surface area contributed by atoms with Gasteiger partial charge in [0.1, 0.15) is 15.8 Å². The number of benzene rings is 2. The highest BCUT2D eigenvalue weighted by atomic mass is 32.2. The first-order chi connectivity index (χ1) is 15.0. The van der Waals surface area contributed by atoms with E-state index >= 15 is 0 Å². The van der Waals surface area contributed by atoms with Crippen LogP contribution in [-0.2, 0) is 4.79 Å². The molecule has 0 N–H and O–H groups in total. The minimum atomic E-state index is -0.0634. The summed E-state index contributed by atoms with van der Waals surface area (Å²) in [4.78, 5) is 15.2. The molecule has 0 atom stereocenters. The molecule has 0 spiro atoms. The highest BCUT2D eigenvalue weighted by Crippen LogP contribution is 2.36.